The van der Waals surface area contributed by atoms with E-state index in [4.69, 9.17) is 5.11 Å². The first-order chi connectivity index (χ1) is 9.00. The number of hydrogen-bond acceptors (Lipinski definition) is 3. The minimum Gasteiger partial charge on any atom is -0.480 e. The highest BCUT2D eigenvalue weighted by atomic mass is 16.4. The lowest BCUT2D eigenvalue weighted by atomic mass is 10.1. The van der Waals surface area contributed by atoms with Gasteiger partial charge in [0, 0.05) is 18.7 Å². The van der Waals surface area contributed by atoms with Crippen molar-refractivity contribution in [2.75, 3.05) is 6.54 Å². The van der Waals surface area contributed by atoms with Crippen LogP contribution in [0.5, 0.6) is 0 Å². The van der Waals surface area contributed by atoms with Crippen molar-refractivity contribution in [3.05, 3.63) is 17.0 Å². The number of H-pyrrole nitrogens is 1. The Morgan fingerprint density at radius 1 is 1.47 bits per heavy atom. The van der Waals surface area contributed by atoms with Crippen molar-refractivity contribution in [3.63, 3.8) is 0 Å². The van der Waals surface area contributed by atoms with Crippen LogP contribution in [0.2, 0.25) is 0 Å². The maximum Gasteiger partial charge on any atom is 0.326 e. The van der Waals surface area contributed by atoms with E-state index in [1.807, 2.05) is 13.8 Å². The van der Waals surface area contributed by atoms with Gasteiger partial charge in [0.15, 0.2) is 0 Å². The molecule has 1 aromatic rings. The number of nitrogens with one attached hydrogen (secondary N) is 1. The molecule has 1 aromatic heterocycles. The van der Waals surface area contributed by atoms with E-state index in [9.17, 15) is 9.59 Å². The molecule has 1 saturated heterocycles. The quantitative estimate of drug-likeness (QED) is 0.851. The lowest BCUT2D eigenvalue weighted by Gasteiger charge is -2.21. The van der Waals surface area contributed by atoms with Gasteiger partial charge in [-0.3, -0.25) is 9.89 Å². The van der Waals surface area contributed by atoms with Gasteiger partial charge in [0.2, 0.25) is 5.91 Å². The molecule has 0 aromatic carbocycles. The molecule has 6 nitrogen and oxygen atoms in total. The van der Waals surface area contributed by atoms with Gasteiger partial charge in [-0.1, -0.05) is 0 Å². The molecule has 2 N–H and O–H groups in total. The fraction of sp³-hybridized carbons (Fsp3) is 0.615. The van der Waals surface area contributed by atoms with Crippen molar-refractivity contribution >= 4 is 11.9 Å². The lowest BCUT2D eigenvalue weighted by molar-refractivity contribution is -0.148. The molecule has 6 heteroatoms. The molecule has 0 saturated carbocycles. The number of carboxylic acid groups (broad SMARTS) is 1. The fourth-order valence-corrected chi connectivity index (χ4v) is 2.64. The van der Waals surface area contributed by atoms with E-state index in [2.05, 4.69) is 10.2 Å². The second-order valence-corrected chi connectivity index (χ2v) is 5.00. The zero-order valence-corrected chi connectivity index (χ0v) is 11.3. The molecule has 0 aliphatic carbocycles. The maximum absolute atomic E-state index is 12.1. The molecule has 2 heterocycles. The Balaban J connectivity index is 1.96. The summed E-state index contributed by atoms with van der Waals surface area (Å²) in [4.78, 5) is 24.7. The number of aryl methyl sites for hydroxylation is 2. The Morgan fingerprint density at radius 2 is 2.21 bits per heavy atom. The first-order valence-corrected chi connectivity index (χ1v) is 6.53. The van der Waals surface area contributed by atoms with Gasteiger partial charge in [-0.05, 0) is 38.7 Å². The molecule has 104 valence electrons. The first kappa shape index (κ1) is 13.6. The largest absolute Gasteiger partial charge is 0.480 e. The maximum atomic E-state index is 12.1. The van der Waals surface area contributed by atoms with Gasteiger partial charge in [0.25, 0.3) is 0 Å². The molecule has 1 atom stereocenters. The molecule has 1 aliphatic rings. The van der Waals surface area contributed by atoms with Crippen molar-refractivity contribution in [1.82, 2.24) is 15.1 Å². The number of aromatic nitrogens is 2. The van der Waals surface area contributed by atoms with Gasteiger partial charge in [-0.25, -0.2) is 4.79 Å². The van der Waals surface area contributed by atoms with Crippen LogP contribution >= 0.6 is 0 Å². The monoisotopic (exact) mass is 265 g/mol. The molecule has 1 aliphatic heterocycles. The highest BCUT2D eigenvalue weighted by Gasteiger charge is 2.33. The van der Waals surface area contributed by atoms with Gasteiger partial charge in [0.1, 0.15) is 6.04 Å². The van der Waals surface area contributed by atoms with Crippen LogP contribution in [0, 0.1) is 13.8 Å². The molecule has 19 heavy (non-hydrogen) atoms. The number of hydrogen-bond donors (Lipinski definition) is 2. The van der Waals surface area contributed by atoms with Crippen molar-refractivity contribution in [3.8, 4) is 0 Å². The van der Waals surface area contributed by atoms with E-state index >= 15 is 0 Å². The van der Waals surface area contributed by atoms with E-state index < -0.39 is 12.0 Å². The van der Waals surface area contributed by atoms with E-state index in [0.29, 0.717) is 25.8 Å². The van der Waals surface area contributed by atoms with E-state index in [1.54, 1.807) is 0 Å². The van der Waals surface area contributed by atoms with Crippen LogP contribution in [0.3, 0.4) is 0 Å². The normalized spacial score (nSPS) is 18.8. The van der Waals surface area contributed by atoms with E-state index in [1.165, 1.54) is 4.90 Å². The van der Waals surface area contributed by atoms with Gasteiger partial charge in [-0.2, -0.15) is 5.10 Å². The summed E-state index contributed by atoms with van der Waals surface area (Å²) >= 11 is 0. The molecule has 2 rings (SSSR count). The van der Waals surface area contributed by atoms with E-state index in [0.717, 1.165) is 23.4 Å². The molecule has 0 bridgehead atoms. The average molecular weight is 265 g/mol. The predicted octanol–water partition coefficient (Wildman–Crippen LogP) is 1.03. The summed E-state index contributed by atoms with van der Waals surface area (Å²) in [5.41, 5.74) is 2.93. The summed E-state index contributed by atoms with van der Waals surface area (Å²) in [6, 6.07) is -0.640. The zero-order valence-electron chi connectivity index (χ0n) is 11.3. The van der Waals surface area contributed by atoms with Crippen molar-refractivity contribution in [2.45, 2.75) is 45.6 Å². The first-order valence-electron chi connectivity index (χ1n) is 6.53. The molecule has 0 radical (unpaired) electrons. The molecule has 1 fully saturated rings. The zero-order chi connectivity index (χ0) is 14.0. The predicted molar refractivity (Wildman–Crippen MR) is 68.8 cm³/mol. The summed E-state index contributed by atoms with van der Waals surface area (Å²) in [7, 11) is 0. The Bertz CT molecular complexity index is 476. The number of carboxylic acids is 1. The number of nitrogens with zero attached hydrogens (tertiary/aromatic N) is 2. The van der Waals surface area contributed by atoms with Crippen molar-refractivity contribution in [1.29, 1.82) is 0 Å². The number of carbonyl (C=O) groups excluding carboxylic acids is 1. The third-order valence-electron chi connectivity index (χ3n) is 3.73. The summed E-state index contributed by atoms with van der Waals surface area (Å²) in [5.74, 6) is -0.980. The number of amides is 1. The summed E-state index contributed by atoms with van der Waals surface area (Å²) in [5, 5.41) is 16.0. The topological polar surface area (TPSA) is 86.3 Å². The Hall–Kier alpha value is -1.85. The van der Waals surface area contributed by atoms with Crippen LogP contribution in [-0.2, 0) is 16.0 Å². The van der Waals surface area contributed by atoms with Crippen LogP contribution in [0.25, 0.3) is 0 Å². The minimum atomic E-state index is -0.901. The summed E-state index contributed by atoms with van der Waals surface area (Å²) in [6.45, 7) is 4.38. The smallest absolute Gasteiger partial charge is 0.326 e. The van der Waals surface area contributed by atoms with Crippen LogP contribution in [0.15, 0.2) is 0 Å². The second kappa shape index (κ2) is 5.42. The number of rotatable bonds is 4. The van der Waals surface area contributed by atoms with Gasteiger partial charge >= 0.3 is 5.97 Å². The molecule has 0 spiro atoms. The van der Waals surface area contributed by atoms with Gasteiger partial charge in [0.05, 0.1) is 5.69 Å². The molecular weight excluding hydrogens is 246 g/mol. The fourth-order valence-electron chi connectivity index (χ4n) is 2.64. The van der Waals surface area contributed by atoms with Crippen LogP contribution in [0.1, 0.15) is 36.2 Å². The highest BCUT2D eigenvalue weighted by molar-refractivity contribution is 5.84. The molecular formula is C13H19N3O3. The lowest BCUT2D eigenvalue weighted by Crippen LogP contribution is -2.40. The number of carbonyl (C=O) groups is 2. The summed E-state index contributed by atoms with van der Waals surface area (Å²) in [6.07, 6.45) is 2.28. The Morgan fingerprint density at radius 3 is 2.79 bits per heavy atom. The number of likely N-dealkylation sites (tertiary alicyclic amines) is 1. The minimum absolute atomic E-state index is 0.0788. The van der Waals surface area contributed by atoms with Gasteiger partial charge < -0.3 is 10.0 Å². The standard InChI is InChI=1S/C13H19N3O3/c1-8-10(9(2)15-14-8)5-6-12(17)16-7-3-4-11(16)13(18)19/h11H,3-7H2,1-2H3,(H,14,15)(H,18,19). The van der Waals surface area contributed by atoms with Crippen LogP contribution < -0.4 is 0 Å². The van der Waals surface area contributed by atoms with Crippen molar-refractivity contribution in [2.24, 2.45) is 0 Å². The summed E-state index contributed by atoms with van der Waals surface area (Å²) < 4.78 is 0. The van der Waals surface area contributed by atoms with Crippen LogP contribution in [0.4, 0.5) is 0 Å². The Labute approximate surface area is 111 Å². The van der Waals surface area contributed by atoms with E-state index in [-0.39, 0.29) is 5.91 Å². The average Bonchev–Trinajstić information content (AvgIpc) is 2.95. The SMILES string of the molecule is Cc1n[nH]c(C)c1CCC(=O)N1CCCC1C(=O)O. The Kier molecular flexibility index (Phi) is 3.87. The molecule has 1 unspecified atom stereocenters. The number of aliphatic carboxylic acids is 1. The van der Waals surface area contributed by atoms with Crippen LogP contribution in [-0.4, -0.2) is 44.7 Å². The number of aromatic amines is 1. The van der Waals surface area contributed by atoms with Gasteiger partial charge in [-0.15, -0.1) is 0 Å². The highest BCUT2D eigenvalue weighted by Crippen LogP contribution is 2.20. The third kappa shape index (κ3) is 2.77. The third-order valence-corrected chi connectivity index (χ3v) is 3.73. The van der Waals surface area contributed by atoms with Crippen molar-refractivity contribution < 1.29 is 14.7 Å². The second-order valence-electron chi connectivity index (χ2n) is 5.00. The molecule has 1 amide bonds.